The lowest BCUT2D eigenvalue weighted by atomic mass is 10.2. The van der Waals surface area contributed by atoms with Gasteiger partial charge < -0.3 is 4.90 Å². The Kier molecular flexibility index (Phi) is 4.11. The molecule has 0 fully saturated rings. The van der Waals surface area contributed by atoms with Gasteiger partial charge in [-0.1, -0.05) is 11.6 Å². The van der Waals surface area contributed by atoms with Gasteiger partial charge in [0.1, 0.15) is 0 Å². The van der Waals surface area contributed by atoms with E-state index in [9.17, 15) is 0 Å². The molecule has 0 aliphatic carbocycles. The van der Waals surface area contributed by atoms with Crippen LogP contribution in [0, 0.1) is 0 Å². The number of aromatic nitrogens is 3. The number of hydrogen-bond donors (Lipinski definition) is 0. The molecule has 0 saturated heterocycles. The standard InChI is InChI=1S/C9H14Cl2N4/c1-5(2)15(6(3)4)8-7(10)13-14-9(11)12-8/h5-6H,1-4H3. The molecule has 0 spiro atoms. The Balaban J connectivity index is 3.16. The molecule has 1 heterocycles. The van der Waals surface area contributed by atoms with Crippen LogP contribution in [0.4, 0.5) is 5.82 Å². The molecule has 1 aromatic heterocycles. The van der Waals surface area contributed by atoms with Crippen molar-refractivity contribution in [1.29, 1.82) is 0 Å². The van der Waals surface area contributed by atoms with Crippen LogP contribution in [-0.2, 0) is 0 Å². The molecular weight excluding hydrogens is 235 g/mol. The fourth-order valence-electron chi connectivity index (χ4n) is 1.54. The maximum Gasteiger partial charge on any atom is 0.245 e. The molecule has 0 amide bonds. The zero-order valence-electron chi connectivity index (χ0n) is 9.20. The second kappa shape index (κ2) is 4.94. The summed E-state index contributed by atoms with van der Waals surface area (Å²) >= 11 is 11.6. The zero-order chi connectivity index (χ0) is 11.6. The van der Waals surface area contributed by atoms with Crippen LogP contribution in [0.1, 0.15) is 27.7 Å². The number of anilines is 1. The molecule has 0 aliphatic rings. The minimum atomic E-state index is 0.112. The maximum atomic E-state index is 5.94. The summed E-state index contributed by atoms with van der Waals surface area (Å²) in [6, 6.07) is 0.547. The first kappa shape index (κ1) is 12.5. The number of hydrogen-bond acceptors (Lipinski definition) is 4. The van der Waals surface area contributed by atoms with Gasteiger partial charge in [0.05, 0.1) is 0 Å². The number of nitrogens with zero attached hydrogens (tertiary/aromatic N) is 4. The Bertz CT molecular complexity index is 333. The van der Waals surface area contributed by atoms with Gasteiger partial charge in [0.2, 0.25) is 5.28 Å². The van der Waals surface area contributed by atoms with Gasteiger partial charge in [-0.05, 0) is 39.3 Å². The Hall–Kier alpha value is -0.610. The summed E-state index contributed by atoms with van der Waals surface area (Å²) in [6.07, 6.45) is 0. The monoisotopic (exact) mass is 248 g/mol. The van der Waals surface area contributed by atoms with Crippen molar-refractivity contribution >= 4 is 29.0 Å². The largest absolute Gasteiger partial charge is 0.349 e. The summed E-state index contributed by atoms with van der Waals surface area (Å²) < 4.78 is 0. The molecule has 0 aliphatic heterocycles. The zero-order valence-corrected chi connectivity index (χ0v) is 10.7. The molecule has 4 nitrogen and oxygen atoms in total. The van der Waals surface area contributed by atoms with Crippen LogP contribution in [0.5, 0.6) is 0 Å². The smallest absolute Gasteiger partial charge is 0.245 e. The van der Waals surface area contributed by atoms with Crippen LogP contribution in [-0.4, -0.2) is 27.3 Å². The highest BCUT2D eigenvalue weighted by molar-refractivity contribution is 6.32. The van der Waals surface area contributed by atoms with Crippen molar-refractivity contribution in [1.82, 2.24) is 15.2 Å². The van der Waals surface area contributed by atoms with E-state index in [4.69, 9.17) is 23.2 Å². The summed E-state index contributed by atoms with van der Waals surface area (Å²) in [4.78, 5) is 6.15. The first-order chi connectivity index (χ1) is 6.93. The van der Waals surface area contributed by atoms with E-state index < -0.39 is 0 Å². The first-order valence-corrected chi connectivity index (χ1v) is 5.53. The molecule has 0 N–H and O–H groups in total. The fraction of sp³-hybridized carbons (Fsp3) is 0.667. The molecule has 0 radical (unpaired) electrons. The van der Waals surface area contributed by atoms with Crippen molar-refractivity contribution in [3.63, 3.8) is 0 Å². The number of halogens is 2. The van der Waals surface area contributed by atoms with E-state index >= 15 is 0 Å². The molecule has 0 aromatic carbocycles. The summed E-state index contributed by atoms with van der Waals surface area (Å²) in [5.41, 5.74) is 0. The van der Waals surface area contributed by atoms with Gasteiger partial charge in [0, 0.05) is 12.1 Å². The normalized spacial score (nSPS) is 11.2. The average molecular weight is 249 g/mol. The quantitative estimate of drug-likeness (QED) is 0.826. The van der Waals surface area contributed by atoms with Crippen LogP contribution in [0.25, 0.3) is 0 Å². The molecule has 6 heteroatoms. The second-order valence-electron chi connectivity index (χ2n) is 3.79. The SMILES string of the molecule is CC(C)N(c1nc(Cl)nnc1Cl)C(C)C. The van der Waals surface area contributed by atoms with Gasteiger partial charge in [0.15, 0.2) is 11.0 Å². The van der Waals surface area contributed by atoms with Gasteiger partial charge >= 0.3 is 0 Å². The maximum absolute atomic E-state index is 5.94. The summed E-state index contributed by atoms with van der Waals surface area (Å²) in [6.45, 7) is 8.25. The molecule has 1 aromatic rings. The topological polar surface area (TPSA) is 41.9 Å². The summed E-state index contributed by atoms with van der Waals surface area (Å²) in [5, 5.41) is 7.72. The predicted octanol–water partition coefficient (Wildman–Crippen LogP) is 2.80. The van der Waals surface area contributed by atoms with Crippen molar-refractivity contribution in [3.8, 4) is 0 Å². The summed E-state index contributed by atoms with van der Waals surface area (Å²) in [5.74, 6) is 0.585. The van der Waals surface area contributed by atoms with Crippen molar-refractivity contribution in [2.75, 3.05) is 4.90 Å². The van der Waals surface area contributed by atoms with Gasteiger partial charge in [0.25, 0.3) is 0 Å². The van der Waals surface area contributed by atoms with E-state index in [-0.39, 0.29) is 22.5 Å². The Labute approximate surface area is 99.6 Å². The van der Waals surface area contributed by atoms with Gasteiger partial charge in [-0.2, -0.15) is 4.98 Å². The van der Waals surface area contributed by atoms with Gasteiger partial charge in [-0.15, -0.1) is 10.2 Å². The Morgan fingerprint density at radius 2 is 1.53 bits per heavy atom. The molecule has 15 heavy (non-hydrogen) atoms. The third kappa shape index (κ3) is 2.92. The van der Waals surface area contributed by atoms with Crippen LogP contribution >= 0.6 is 23.2 Å². The van der Waals surface area contributed by atoms with Crippen molar-refractivity contribution in [2.24, 2.45) is 0 Å². The van der Waals surface area contributed by atoms with E-state index in [1.165, 1.54) is 0 Å². The van der Waals surface area contributed by atoms with Crippen LogP contribution < -0.4 is 4.90 Å². The van der Waals surface area contributed by atoms with Crippen molar-refractivity contribution in [2.45, 2.75) is 39.8 Å². The highest BCUT2D eigenvalue weighted by Crippen LogP contribution is 2.25. The highest BCUT2D eigenvalue weighted by Gasteiger charge is 2.20. The van der Waals surface area contributed by atoms with E-state index in [1.54, 1.807) is 0 Å². The summed E-state index contributed by atoms with van der Waals surface area (Å²) in [7, 11) is 0. The average Bonchev–Trinajstić information content (AvgIpc) is 2.10. The molecule has 84 valence electrons. The molecule has 0 saturated carbocycles. The van der Waals surface area contributed by atoms with Crippen LogP contribution in [0.3, 0.4) is 0 Å². The third-order valence-electron chi connectivity index (χ3n) is 1.96. The molecule has 0 unspecified atom stereocenters. The predicted molar refractivity (Wildman–Crippen MR) is 62.6 cm³/mol. The highest BCUT2D eigenvalue weighted by atomic mass is 35.5. The third-order valence-corrected chi connectivity index (χ3v) is 2.36. The lowest BCUT2D eigenvalue weighted by molar-refractivity contribution is 0.597. The van der Waals surface area contributed by atoms with E-state index in [2.05, 4.69) is 42.9 Å². The fourth-order valence-corrected chi connectivity index (χ4v) is 1.83. The Morgan fingerprint density at radius 1 is 1.00 bits per heavy atom. The van der Waals surface area contributed by atoms with Crippen molar-refractivity contribution < 1.29 is 0 Å². The van der Waals surface area contributed by atoms with Gasteiger partial charge in [-0.25, -0.2) is 0 Å². The van der Waals surface area contributed by atoms with Gasteiger partial charge in [-0.3, -0.25) is 0 Å². The van der Waals surface area contributed by atoms with Crippen LogP contribution in [0.15, 0.2) is 0 Å². The number of rotatable bonds is 3. The molecule has 1 rings (SSSR count). The lowest BCUT2D eigenvalue weighted by Crippen LogP contribution is -2.38. The Morgan fingerprint density at radius 3 is 2.00 bits per heavy atom. The second-order valence-corrected chi connectivity index (χ2v) is 4.49. The van der Waals surface area contributed by atoms with Crippen LogP contribution in [0.2, 0.25) is 10.4 Å². The minimum Gasteiger partial charge on any atom is -0.349 e. The van der Waals surface area contributed by atoms with E-state index in [1.807, 2.05) is 4.90 Å². The first-order valence-electron chi connectivity index (χ1n) is 4.77. The molecular formula is C9H14Cl2N4. The van der Waals surface area contributed by atoms with Crippen molar-refractivity contribution in [3.05, 3.63) is 10.4 Å². The molecule has 0 atom stereocenters. The lowest BCUT2D eigenvalue weighted by Gasteiger charge is -2.31. The minimum absolute atomic E-state index is 0.112. The van der Waals surface area contributed by atoms with E-state index in [0.717, 1.165) is 0 Å². The van der Waals surface area contributed by atoms with E-state index in [0.29, 0.717) is 5.82 Å². The molecule has 0 bridgehead atoms.